The van der Waals surface area contributed by atoms with Gasteiger partial charge in [-0.1, -0.05) is 26.7 Å². The van der Waals surface area contributed by atoms with Crippen molar-refractivity contribution in [2.45, 2.75) is 59.5 Å². The first kappa shape index (κ1) is 16.3. The van der Waals surface area contributed by atoms with E-state index in [4.69, 9.17) is 4.42 Å². The van der Waals surface area contributed by atoms with Crippen molar-refractivity contribution in [2.24, 2.45) is 0 Å². The molecule has 0 aliphatic carbocycles. The van der Waals surface area contributed by atoms with Crippen molar-refractivity contribution in [3.8, 4) is 0 Å². The van der Waals surface area contributed by atoms with Crippen LogP contribution in [0.4, 0.5) is 0 Å². The number of nitrogens with one attached hydrogen (secondary N) is 1. The molecule has 110 valence electrons. The number of hydrogen-bond donors (Lipinski definition) is 1. The molecule has 0 spiro atoms. The Morgan fingerprint density at radius 1 is 1.21 bits per heavy atom. The highest BCUT2D eigenvalue weighted by molar-refractivity contribution is 5.20. The van der Waals surface area contributed by atoms with E-state index in [1.165, 1.54) is 31.2 Å². The lowest BCUT2D eigenvalue weighted by atomic mass is 10.2. The van der Waals surface area contributed by atoms with E-state index in [0.717, 1.165) is 37.7 Å². The van der Waals surface area contributed by atoms with E-state index in [-0.39, 0.29) is 0 Å². The molecule has 1 aromatic heterocycles. The van der Waals surface area contributed by atoms with Gasteiger partial charge in [0.25, 0.3) is 0 Å². The molecule has 1 heterocycles. The molecule has 1 N–H and O–H groups in total. The Hall–Kier alpha value is -0.800. The predicted octanol–water partition coefficient (Wildman–Crippen LogP) is 3.71. The van der Waals surface area contributed by atoms with Gasteiger partial charge in [-0.15, -0.1) is 0 Å². The summed E-state index contributed by atoms with van der Waals surface area (Å²) in [5.41, 5.74) is 1.30. The van der Waals surface area contributed by atoms with Gasteiger partial charge in [0.2, 0.25) is 0 Å². The minimum Gasteiger partial charge on any atom is -0.465 e. The largest absolute Gasteiger partial charge is 0.465 e. The average molecular weight is 266 g/mol. The fourth-order valence-corrected chi connectivity index (χ4v) is 2.22. The van der Waals surface area contributed by atoms with Crippen molar-refractivity contribution in [3.05, 3.63) is 23.2 Å². The Kier molecular flexibility index (Phi) is 7.84. The number of unbranched alkanes of at least 4 members (excludes halogenated alkanes) is 2. The molecular weight excluding hydrogens is 236 g/mol. The Morgan fingerprint density at radius 2 is 2.00 bits per heavy atom. The van der Waals surface area contributed by atoms with Gasteiger partial charge in [0, 0.05) is 12.1 Å². The van der Waals surface area contributed by atoms with Crippen LogP contribution in [0.1, 0.15) is 56.6 Å². The summed E-state index contributed by atoms with van der Waals surface area (Å²) in [6.07, 6.45) is 5.04. The maximum atomic E-state index is 5.84. The molecule has 0 amide bonds. The Bertz CT molecular complexity index is 347. The Morgan fingerprint density at radius 3 is 2.68 bits per heavy atom. The predicted molar refractivity (Wildman–Crippen MR) is 81.3 cm³/mol. The first-order chi connectivity index (χ1) is 9.17. The van der Waals surface area contributed by atoms with Crippen molar-refractivity contribution in [1.82, 2.24) is 10.2 Å². The molecule has 3 heteroatoms. The van der Waals surface area contributed by atoms with E-state index in [2.05, 4.69) is 44.1 Å². The molecule has 19 heavy (non-hydrogen) atoms. The van der Waals surface area contributed by atoms with Crippen molar-refractivity contribution in [1.29, 1.82) is 0 Å². The van der Waals surface area contributed by atoms with E-state index in [1.54, 1.807) is 0 Å². The van der Waals surface area contributed by atoms with E-state index in [0.29, 0.717) is 0 Å². The smallest absolute Gasteiger partial charge is 0.118 e. The molecule has 0 bridgehead atoms. The fraction of sp³-hybridized carbons (Fsp3) is 0.750. The highest BCUT2D eigenvalue weighted by atomic mass is 16.3. The molecule has 0 aromatic carbocycles. The van der Waals surface area contributed by atoms with Crippen LogP contribution in [0.2, 0.25) is 0 Å². The van der Waals surface area contributed by atoms with E-state index < -0.39 is 0 Å². The number of furan rings is 1. The van der Waals surface area contributed by atoms with Crippen LogP contribution in [-0.2, 0) is 13.1 Å². The minimum atomic E-state index is 0.915. The summed E-state index contributed by atoms with van der Waals surface area (Å²) in [4.78, 5) is 2.34. The van der Waals surface area contributed by atoms with Gasteiger partial charge in [-0.3, -0.25) is 4.90 Å². The van der Waals surface area contributed by atoms with E-state index in [9.17, 15) is 0 Å². The summed E-state index contributed by atoms with van der Waals surface area (Å²) >= 11 is 0. The molecule has 0 radical (unpaired) electrons. The zero-order valence-electron chi connectivity index (χ0n) is 13.1. The third-order valence-corrected chi connectivity index (χ3v) is 3.38. The monoisotopic (exact) mass is 266 g/mol. The minimum absolute atomic E-state index is 0.915. The van der Waals surface area contributed by atoms with Crippen LogP contribution in [0.25, 0.3) is 0 Å². The van der Waals surface area contributed by atoms with E-state index >= 15 is 0 Å². The molecule has 3 nitrogen and oxygen atoms in total. The molecule has 0 unspecified atom stereocenters. The van der Waals surface area contributed by atoms with Gasteiger partial charge in [0.05, 0.1) is 6.54 Å². The lowest BCUT2D eigenvalue weighted by Gasteiger charge is -2.14. The number of aryl methyl sites for hydroxylation is 1. The van der Waals surface area contributed by atoms with Gasteiger partial charge in [0.15, 0.2) is 0 Å². The van der Waals surface area contributed by atoms with Gasteiger partial charge in [-0.25, -0.2) is 0 Å². The summed E-state index contributed by atoms with van der Waals surface area (Å²) in [7, 11) is 2.17. The highest BCUT2D eigenvalue weighted by Crippen LogP contribution is 2.16. The fourth-order valence-electron chi connectivity index (χ4n) is 2.22. The second kappa shape index (κ2) is 9.16. The lowest BCUT2D eigenvalue weighted by Crippen LogP contribution is -2.18. The lowest BCUT2D eigenvalue weighted by molar-refractivity contribution is 0.286. The number of nitrogens with zero attached hydrogens (tertiary/aromatic N) is 1. The third kappa shape index (κ3) is 6.26. The molecule has 0 aliphatic heterocycles. The van der Waals surface area contributed by atoms with Crippen LogP contribution in [0, 0.1) is 6.92 Å². The maximum Gasteiger partial charge on any atom is 0.118 e. The van der Waals surface area contributed by atoms with Gasteiger partial charge in [-0.2, -0.15) is 0 Å². The highest BCUT2D eigenvalue weighted by Gasteiger charge is 2.09. The average Bonchev–Trinajstić information content (AvgIpc) is 2.70. The van der Waals surface area contributed by atoms with Crippen LogP contribution < -0.4 is 5.32 Å². The van der Waals surface area contributed by atoms with Crippen LogP contribution >= 0.6 is 0 Å². The van der Waals surface area contributed by atoms with Crippen molar-refractivity contribution in [2.75, 3.05) is 20.1 Å². The molecule has 0 atom stereocenters. The molecular formula is C16H30N2O. The van der Waals surface area contributed by atoms with Crippen LogP contribution in [0.5, 0.6) is 0 Å². The first-order valence-corrected chi connectivity index (χ1v) is 7.64. The topological polar surface area (TPSA) is 28.4 Å². The number of hydrogen-bond acceptors (Lipinski definition) is 3. The number of rotatable bonds is 10. The van der Waals surface area contributed by atoms with Gasteiger partial charge >= 0.3 is 0 Å². The first-order valence-electron chi connectivity index (χ1n) is 7.64. The maximum absolute atomic E-state index is 5.84. The molecule has 1 aromatic rings. The normalized spacial score (nSPS) is 11.4. The third-order valence-electron chi connectivity index (χ3n) is 3.38. The summed E-state index contributed by atoms with van der Waals surface area (Å²) in [5.74, 6) is 2.14. The van der Waals surface area contributed by atoms with Gasteiger partial charge in [-0.05, 0) is 46.0 Å². The Labute approximate surface area is 118 Å². The zero-order chi connectivity index (χ0) is 14.1. The van der Waals surface area contributed by atoms with Crippen LogP contribution in [-0.4, -0.2) is 25.0 Å². The second-order valence-electron chi connectivity index (χ2n) is 5.42. The molecule has 0 aliphatic rings. The van der Waals surface area contributed by atoms with Crippen molar-refractivity contribution < 1.29 is 4.42 Å². The van der Waals surface area contributed by atoms with Crippen LogP contribution in [0.15, 0.2) is 10.5 Å². The van der Waals surface area contributed by atoms with E-state index in [1.807, 2.05) is 0 Å². The van der Waals surface area contributed by atoms with Crippen LogP contribution in [0.3, 0.4) is 0 Å². The van der Waals surface area contributed by atoms with Gasteiger partial charge in [0.1, 0.15) is 11.5 Å². The summed E-state index contributed by atoms with van der Waals surface area (Å²) in [5, 5.41) is 3.43. The summed E-state index contributed by atoms with van der Waals surface area (Å²) < 4.78 is 5.84. The molecule has 0 saturated heterocycles. The zero-order valence-corrected chi connectivity index (χ0v) is 13.1. The van der Waals surface area contributed by atoms with Crippen molar-refractivity contribution >= 4 is 0 Å². The second-order valence-corrected chi connectivity index (χ2v) is 5.42. The summed E-state index contributed by atoms with van der Waals surface area (Å²) in [6, 6.07) is 2.20. The van der Waals surface area contributed by atoms with Crippen molar-refractivity contribution in [3.63, 3.8) is 0 Å². The van der Waals surface area contributed by atoms with Gasteiger partial charge < -0.3 is 9.73 Å². The quantitative estimate of drug-likeness (QED) is 0.654. The molecule has 0 fully saturated rings. The Balaban J connectivity index is 2.39. The summed E-state index contributed by atoms with van der Waals surface area (Å²) in [6.45, 7) is 10.5. The SMILES string of the molecule is CCCCCN(C)Cc1cc(CNCCC)c(C)o1. The molecule has 1 rings (SSSR count). The standard InChI is InChI=1S/C16H30N2O/c1-5-7-8-10-18(4)13-16-11-15(14(3)19-16)12-17-9-6-2/h11,17H,5-10,12-13H2,1-4H3. The molecule has 0 saturated carbocycles.